The topological polar surface area (TPSA) is 211 Å². The van der Waals surface area contributed by atoms with Crippen LogP contribution < -0.4 is 21.7 Å². The van der Waals surface area contributed by atoms with Crippen molar-refractivity contribution in [3.8, 4) is 0 Å². The Labute approximate surface area is 198 Å². The smallest absolute Gasteiger partial charge is 0.326 e. The highest BCUT2D eigenvalue weighted by Crippen LogP contribution is 2.19. The maximum atomic E-state index is 12.9. The first-order valence-corrected chi connectivity index (χ1v) is 11.2. The number of carbonyl (C=O) groups is 5. The fraction of sp³-hybridized carbons (Fsp3) is 0.762. The van der Waals surface area contributed by atoms with Crippen LogP contribution in [0.1, 0.15) is 47.5 Å². The third-order valence-corrected chi connectivity index (χ3v) is 5.68. The Morgan fingerprint density at radius 1 is 0.882 bits per heavy atom. The van der Waals surface area contributed by atoms with Gasteiger partial charge in [0.1, 0.15) is 30.2 Å². The molecule has 1 rings (SSSR count). The highest BCUT2D eigenvalue weighted by molar-refractivity contribution is 5.95. The largest absolute Gasteiger partial charge is 0.480 e. The SMILES string of the molecule is CC(C)[C@H](NC(=O)[C@@H](NC(=O)[C@@H]1CCCN1C(=O)[C@H](C)NC(=O)[C@@H](N)[C@@H](C)O)[C@@H](C)O)C(=O)O. The number of amides is 4. The normalized spacial score (nSPS) is 21.1. The quantitative estimate of drug-likeness (QED) is 0.161. The number of carbonyl (C=O) groups excluding carboxylic acids is 4. The Bertz CT molecular complexity index is 772. The van der Waals surface area contributed by atoms with Crippen LogP contribution in [0.3, 0.4) is 0 Å². The Hall–Kier alpha value is -2.77. The van der Waals surface area contributed by atoms with Gasteiger partial charge in [-0.25, -0.2) is 4.79 Å². The van der Waals surface area contributed by atoms with E-state index in [-0.39, 0.29) is 6.54 Å². The lowest BCUT2D eigenvalue weighted by atomic mass is 10.0. The monoisotopic (exact) mass is 487 g/mol. The van der Waals surface area contributed by atoms with Gasteiger partial charge in [-0.05, 0) is 39.5 Å². The van der Waals surface area contributed by atoms with Gasteiger partial charge in [-0.15, -0.1) is 0 Å². The van der Waals surface area contributed by atoms with E-state index in [0.29, 0.717) is 12.8 Å². The van der Waals surface area contributed by atoms with Gasteiger partial charge in [0.05, 0.1) is 12.2 Å². The third kappa shape index (κ3) is 7.64. The van der Waals surface area contributed by atoms with Crippen LogP contribution in [0.15, 0.2) is 0 Å². The minimum absolute atomic E-state index is 0.236. The highest BCUT2D eigenvalue weighted by Gasteiger charge is 2.39. The van der Waals surface area contributed by atoms with Crippen molar-refractivity contribution in [3.63, 3.8) is 0 Å². The van der Waals surface area contributed by atoms with Gasteiger partial charge in [0, 0.05) is 6.54 Å². The molecule has 1 saturated heterocycles. The number of hydrogen-bond donors (Lipinski definition) is 7. The van der Waals surface area contributed by atoms with Crippen LogP contribution in [0.4, 0.5) is 0 Å². The summed E-state index contributed by atoms with van der Waals surface area (Å²) in [6, 6.07) is -5.85. The number of nitrogens with one attached hydrogen (secondary N) is 3. The van der Waals surface area contributed by atoms with Gasteiger partial charge < -0.3 is 41.9 Å². The van der Waals surface area contributed by atoms with Crippen LogP contribution in [0.25, 0.3) is 0 Å². The molecule has 7 atom stereocenters. The van der Waals surface area contributed by atoms with Gasteiger partial charge in [0.2, 0.25) is 23.6 Å². The molecule has 0 spiro atoms. The molecule has 194 valence electrons. The molecular weight excluding hydrogens is 450 g/mol. The van der Waals surface area contributed by atoms with Gasteiger partial charge in [-0.3, -0.25) is 19.2 Å². The van der Waals surface area contributed by atoms with Crippen molar-refractivity contribution in [2.75, 3.05) is 6.54 Å². The molecule has 1 aliphatic heterocycles. The molecule has 13 nitrogen and oxygen atoms in total. The molecule has 13 heteroatoms. The summed E-state index contributed by atoms with van der Waals surface area (Å²) in [5, 5.41) is 35.9. The first-order chi connectivity index (χ1) is 15.7. The van der Waals surface area contributed by atoms with Crippen LogP contribution in [-0.2, 0) is 24.0 Å². The molecule has 0 radical (unpaired) electrons. The van der Waals surface area contributed by atoms with Crippen molar-refractivity contribution in [1.29, 1.82) is 0 Å². The van der Waals surface area contributed by atoms with Crippen LogP contribution in [-0.4, -0.2) is 98.8 Å². The lowest BCUT2D eigenvalue weighted by Crippen LogP contribution is -2.60. The average Bonchev–Trinajstić information content (AvgIpc) is 3.23. The lowest BCUT2D eigenvalue weighted by molar-refractivity contribution is -0.145. The van der Waals surface area contributed by atoms with E-state index in [2.05, 4.69) is 16.0 Å². The van der Waals surface area contributed by atoms with E-state index in [1.807, 2.05) is 0 Å². The summed E-state index contributed by atoms with van der Waals surface area (Å²) < 4.78 is 0. The molecule has 1 aliphatic rings. The molecular formula is C21H37N5O8. The first kappa shape index (κ1) is 29.3. The van der Waals surface area contributed by atoms with E-state index in [0.717, 1.165) is 0 Å². The van der Waals surface area contributed by atoms with Crippen molar-refractivity contribution in [2.24, 2.45) is 11.7 Å². The standard InChI is InChI=1S/C21H37N5O8/c1-9(2)15(21(33)34)24-19(31)16(12(5)28)25-17(29)13-7-6-8-26(13)20(32)10(3)23-18(30)14(22)11(4)27/h9-16,27-28H,6-8,22H2,1-5H3,(H,23,30)(H,24,31)(H,25,29)(H,33,34)/t10-,11+,12+,13-,14-,15-,16-/m0/s1. The molecule has 4 amide bonds. The zero-order valence-electron chi connectivity index (χ0n) is 20.1. The summed E-state index contributed by atoms with van der Waals surface area (Å²) in [7, 11) is 0. The van der Waals surface area contributed by atoms with Crippen LogP contribution in [0.2, 0.25) is 0 Å². The maximum absolute atomic E-state index is 12.9. The van der Waals surface area contributed by atoms with Crippen molar-refractivity contribution in [2.45, 2.75) is 89.9 Å². The second-order valence-corrected chi connectivity index (χ2v) is 8.98. The predicted molar refractivity (Wildman–Crippen MR) is 120 cm³/mol. The number of aliphatic carboxylic acids is 1. The van der Waals surface area contributed by atoms with Gasteiger partial charge in [0.15, 0.2) is 0 Å². The van der Waals surface area contributed by atoms with E-state index >= 15 is 0 Å². The molecule has 0 aromatic heterocycles. The minimum Gasteiger partial charge on any atom is -0.480 e. The molecule has 0 unspecified atom stereocenters. The molecule has 34 heavy (non-hydrogen) atoms. The molecule has 8 N–H and O–H groups in total. The van der Waals surface area contributed by atoms with Gasteiger partial charge in [0.25, 0.3) is 0 Å². The third-order valence-electron chi connectivity index (χ3n) is 5.68. The van der Waals surface area contributed by atoms with Crippen LogP contribution >= 0.6 is 0 Å². The lowest BCUT2D eigenvalue weighted by Gasteiger charge is -2.30. The number of carboxylic acids is 1. The summed E-state index contributed by atoms with van der Waals surface area (Å²) in [6.45, 7) is 7.48. The average molecular weight is 488 g/mol. The Balaban J connectivity index is 2.89. The number of nitrogens with two attached hydrogens (primary N) is 1. The fourth-order valence-electron chi connectivity index (χ4n) is 3.55. The molecule has 0 bridgehead atoms. The Morgan fingerprint density at radius 2 is 1.47 bits per heavy atom. The molecule has 1 heterocycles. The summed E-state index contributed by atoms with van der Waals surface area (Å²) in [6.07, 6.45) is -1.66. The number of nitrogens with zero attached hydrogens (tertiary/aromatic N) is 1. The van der Waals surface area contributed by atoms with Crippen molar-refractivity contribution in [1.82, 2.24) is 20.9 Å². The summed E-state index contributed by atoms with van der Waals surface area (Å²) in [5.74, 6) is -4.52. The number of carboxylic acid groups (broad SMARTS) is 1. The molecule has 1 fully saturated rings. The van der Waals surface area contributed by atoms with Crippen molar-refractivity contribution >= 4 is 29.6 Å². The van der Waals surface area contributed by atoms with Gasteiger partial charge >= 0.3 is 5.97 Å². The maximum Gasteiger partial charge on any atom is 0.326 e. The summed E-state index contributed by atoms with van der Waals surface area (Å²) in [4.78, 5) is 63.1. The van der Waals surface area contributed by atoms with E-state index < -0.39 is 77.9 Å². The van der Waals surface area contributed by atoms with Crippen LogP contribution in [0, 0.1) is 5.92 Å². The first-order valence-electron chi connectivity index (χ1n) is 11.2. The molecule has 0 aromatic rings. The van der Waals surface area contributed by atoms with E-state index in [1.165, 1.54) is 25.7 Å². The van der Waals surface area contributed by atoms with Gasteiger partial charge in [-0.1, -0.05) is 13.8 Å². The Morgan fingerprint density at radius 3 is 1.94 bits per heavy atom. The van der Waals surface area contributed by atoms with E-state index in [4.69, 9.17) is 5.73 Å². The molecule has 0 aromatic carbocycles. The Kier molecular flexibility index (Phi) is 10.9. The van der Waals surface area contributed by atoms with Gasteiger partial charge in [-0.2, -0.15) is 0 Å². The predicted octanol–water partition coefficient (Wildman–Crippen LogP) is -2.72. The number of rotatable bonds is 11. The zero-order valence-corrected chi connectivity index (χ0v) is 20.1. The number of likely N-dealkylation sites (tertiary alicyclic amines) is 1. The second kappa shape index (κ2) is 12.6. The number of aliphatic hydroxyl groups is 2. The van der Waals surface area contributed by atoms with E-state index in [9.17, 15) is 39.3 Å². The molecule has 0 aliphatic carbocycles. The van der Waals surface area contributed by atoms with Crippen molar-refractivity contribution < 1.29 is 39.3 Å². The number of aliphatic hydroxyl groups excluding tert-OH is 2. The van der Waals surface area contributed by atoms with E-state index in [1.54, 1.807) is 13.8 Å². The van der Waals surface area contributed by atoms with Crippen molar-refractivity contribution in [3.05, 3.63) is 0 Å². The highest BCUT2D eigenvalue weighted by atomic mass is 16.4. The summed E-state index contributed by atoms with van der Waals surface area (Å²) in [5.41, 5.74) is 5.57. The minimum atomic E-state index is -1.44. The van der Waals surface area contributed by atoms with Crippen LogP contribution in [0.5, 0.6) is 0 Å². The second-order valence-electron chi connectivity index (χ2n) is 8.98. The zero-order chi connectivity index (χ0) is 26.3. The fourth-order valence-corrected chi connectivity index (χ4v) is 3.55. The summed E-state index contributed by atoms with van der Waals surface area (Å²) >= 11 is 0. The number of hydrogen-bond acceptors (Lipinski definition) is 8. The molecule has 0 saturated carbocycles.